The van der Waals surface area contributed by atoms with Crippen LogP contribution in [0.25, 0.3) is 11.4 Å². The molecule has 0 fully saturated rings. The van der Waals surface area contributed by atoms with Crippen LogP contribution < -0.4 is 0 Å². The standard InChI is InChI=1S/C31H22N4.Pt/c1-5-13-25(14-6-1)31(26-15-7-2-8-16-26,29-21-23-34(32-29)27-17-9-3-10-18-27)30-22-24-35(33-30)28-19-11-4-12-20-28;/h1-17,19,21-24H;/q-2;+2. The van der Waals surface area contributed by atoms with Crippen molar-refractivity contribution < 1.29 is 21.1 Å². The van der Waals surface area contributed by atoms with E-state index in [1.807, 2.05) is 82.4 Å². The van der Waals surface area contributed by atoms with Gasteiger partial charge in [0.2, 0.25) is 0 Å². The second kappa shape index (κ2) is 10.3. The molecule has 0 bridgehead atoms. The van der Waals surface area contributed by atoms with Crippen LogP contribution in [-0.4, -0.2) is 19.6 Å². The Morgan fingerprint density at radius 1 is 0.500 bits per heavy atom. The Bertz CT molecular complexity index is 1410. The van der Waals surface area contributed by atoms with Crippen molar-refractivity contribution >= 4 is 0 Å². The summed E-state index contributed by atoms with van der Waals surface area (Å²) in [7, 11) is 0. The monoisotopic (exact) mass is 645 g/mol. The van der Waals surface area contributed by atoms with Crippen LogP contribution in [0.4, 0.5) is 0 Å². The predicted molar refractivity (Wildman–Crippen MR) is 137 cm³/mol. The largest absolute Gasteiger partial charge is 2.00 e. The van der Waals surface area contributed by atoms with Crippen molar-refractivity contribution in [3.05, 3.63) is 168 Å². The summed E-state index contributed by atoms with van der Waals surface area (Å²) in [5.74, 6) is 0. The average molecular weight is 646 g/mol. The topological polar surface area (TPSA) is 35.6 Å². The van der Waals surface area contributed by atoms with Crippen molar-refractivity contribution in [2.45, 2.75) is 5.41 Å². The van der Waals surface area contributed by atoms with Gasteiger partial charge in [-0.3, -0.25) is 9.36 Å². The van der Waals surface area contributed by atoms with Gasteiger partial charge in [0.1, 0.15) is 5.41 Å². The molecule has 0 aliphatic heterocycles. The molecule has 0 radical (unpaired) electrons. The summed E-state index contributed by atoms with van der Waals surface area (Å²) < 4.78 is 3.75. The van der Waals surface area contributed by atoms with Crippen LogP contribution in [-0.2, 0) is 26.5 Å². The fourth-order valence-corrected chi connectivity index (χ4v) is 4.63. The van der Waals surface area contributed by atoms with Gasteiger partial charge in [-0.1, -0.05) is 60.7 Å². The van der Waals surface area contributed by atoms with E-state index in [0.717, 1.165) is 33.9 Å². The first kappa shape index (κ1) is 23.7. The Balaban J connectivity index is 0.00000267. The molecular weight excluding hydrogens is 623 g/mol. The minimum Gasteiger partial charge on any atom is -0.265 e. The molecule has 0 saturated heterocycles. The van der Waals surface area contributed by atoms with Crippen LogP contribution in [0.15, 0.2) is 134 Å². The third-order valence-electron chi connectivity index (χ3n) is 6.24. The van der Waals surface area contributed by atoms with E-state index in [2.05, 4.69) is 72.8 Å². The van der Waals surface area contributed by atoms with E-state index >= 15 is 0 Å². The van der Waals surface area contributed by atoms with E-state index in [4.69, 9.17) is 10.2 Å². The molecule has 0 saturated carbocycles. The Kier molecular flexibility index (Phi) is 6.79. The van der Waals surface area contributed by atoms with Gasteiger partial charge < -0.3 is 0 Å². The first-order valence-electron chi connectivity index (χ1n) is 11.5. The third-order valence-corrected chi connectivity index (χ3v) is 6.24. The number of rotatable bonds is 6. The van der Waals surface area contributed by atoms with Crippen LogP contribution in [0.5, 0.6) is 0 Å². The summed E-state index contributed by atoms with van der Waals surface area (Å²) in [4.78, 5) is 0. The van der Waals surface area contributed by atoms with Gasteiger partial charge in [0.25, 0.3) is 0 Å². The summed E-state index contributed by atoms with van der Waals surface area (Å²) in [6.45, 7) is 0. The van der Waals surface area contributed by atoms with E-state index in [0.29, 0.717) is 0 Å². The molecule has 0 aliphatic rings. The molecule has 0 amide bonds. The zero-order valence-electron chi connectivity index (χ0n) is 19.3. The minimum atomic E-state index is -0.720. The maximum Gasteiger partial charge on any atom is 2.00 e. The van der Waals surface area contributed by atoms with Gasteiger partial charge in [0, 0.05) is 12.4 Å². The molecule has 6 rings (SSSR count). The first-order valence-corrected chi connectivity index (χ1v) is 11.5. The fourth-order valence-electron chi connectivity index (χ4n) is 4.63. The van der Waals surface area contributed by atoms with E-state index in [9.17, 15) is 0 Å². The van der Waals surface area contributed by atoms with Crippen molar-refractivity contribution in [1.29, 1.82) is 0 Å². The molecule has 0 N–H and O–H groups in total. The molecule has 6 aromatic rings. The van der Waals surface area contributed by atoms with Crippen LogP contribution in [0, 0.1) is 12.1 Å². The van der Waals surface area contributed by atoms with Crippen molar-refractivity contribution in [2.24, 2.45) is 0 Å². The second-order valence-corrected chi connectivity index (χ2v) is 8.27. The Hall–Kier alpha value is -4.01. The molecule has 5 heteroatoms. The number of para-hydroxylation sites is 2. The van der Waals surface area contributed by atoms with Crippen LogP contribution in [0.3, 0.4) is 0 Å². The Labute approximate surface area is 225 Å². The molecule has 4 nitrogen and oxygen atoms in total. The van der Waals surface area contributed by atoms with Gasteiger partial charge >= 0.3 is 21.1 Å². The fraction of sp³-hybridized carbons (Fsp3) is 0.0323. The predicted octanol–water partition coefficient (Wildman–Crippen LogP) is 6.04. The number of hydrogen-bond donors (Lipinski definition) is 0. The quantitative estimate of drug-likeness (QED) is 0.207. The minimum absolute atomic E-state index is 0. The van der Waals surface area contributed by atoms with Gasteiger partial charge in [-0.25, -0.2) is 0 Å². The normalized spacial score (nSPS) is 11.1. The van der Waals surface area contributed by atoms with Crippen LogP contribution in [0.2, 0.25) is 0 Å². The van der Waals surface area contributed by atoms with Gasteiger partial charge in [0.15, 0.2) is 0 Å². The summed E-state index contributed by atoms with van der Waals surface area (Å²) in [5, 5.41) is 10.2. The van der Waals surface area contributed by atoms with Gasteiger partial charge in [0.05, 0.1) is 11.4 Å². The molecule has 0 spiro atoms. The number of hydrogen-bond acceptors (Lipinski definition) is 2. The van der Waals surface area contributed by atoms with E-state index in [-0.39, 0.29) is 21.1 Å². The Morgan fingerprint density at radius 3 is 1.31 bits per heavy atom. The molecular formula is C31H22N4Pt. The second-order valence-electron chi connectivity index (χ2n) is 8.27. The third kappa shape index (κ3) is 4.14. The smallest absolute Gasteiger partial charge is 0.265 e. The molecule has 0 atom stereocenters. The molecule has 176 valence electrons. The zero-order chi connectivity index (χ0) is 23.5. The zero-order valence-corrected chi connectivity index (χ0v) is 21.6. The molecule has 4 aromatic carbocycles. The SMILES string of the molecule is [Pt+2].[c-]1ccccc1-n1ccc(C(c2ccccc2)(c2ccccc2)c2ccn(-c3[c-]cccc3)n2)n1. The molecule has 2 aromatic heterocycles. The van der Waals surface area contributed by atoms with E-state index in [1.54, 1.807) is 0 Å². The number of benzene rings is 4. The van der Waals surface area contributed by atoms with Crippen molar-refractivity contribution in [3.8, 4) is 11.4 Å². The molecule has 0 unspecified atom stereocenters. The number of nitrogens with zero attached hydrogens (tertiary/aromatic N) is 4. The van der Waals surface area contributed by atoms with Gasteiger partial charge in [-0.2, -0.15) is 58.7 Å². The van der Waals surface area contributed by atoms with Gasteiger partial charge in [-0.15, -0.1) is 12.1 Å². The first-order chi connectivity index (χ1) is 17.4. The van der Waals surface area contributed by atoms with Crippen molar-refractivity contribution in [1.82, 2.24) is 19.6 Å². The Morgan fingerprint density at radius 2 is 0.917 bits per heavy atom. The van der Waals surface area contributed by atoms with Crippen LogP contribution in [0.1, 0.15) is 22.5 Å². The van der Waals surface area contributed by atoms with Gasteiger partial charge in [-0.05, 0) is 34.6 Å². The summed E-state index contributed by atoms with van der Waals surface area (Å²) in [6.07, 6.45) is 3.98. The van der Waals surface area contributed by atoms with Crippen molar-refractivity contribution in [2.75, 3.05) is 0 Å². The van der Waals surface area contributed by atoms with Crippen molar-refractivity contribution in [3.63, 3.8) is 0 Å². The van der Waals surface area contributed by atoms with Crippen LogP contribution >= 0.6 is 0 Å². The van der Waals surface area contributed by atoms with E-state index in [1.165, 1.54) is 0 Å². The summed E-state index contributed by atoms with van der Waals surface area (Å²) in [6, 6.07) is 47.3. The maximum atomic E-state index is 5.09. The van der Waals surface area contributed by atoms with E-state index < -0.39 is 5.41 Å². The summed E-state index contributed by atoms with van der Waals surface area (Å²) in [5.41, 5.74) is 5.01. The summed E-state index contributed by atoms with van der Waals surface area (Å²) >= 11 is 0. The molecule has 2 heterocycles. The number of aromatic nitrogens is 4. The average Bonchev–Trinajstić information content (AvgIpc) is 3.63. The maximum absolute atomic E-state index is 5.09. The molecule has 0 aliphatic carbocycles. The molecule has 36 heavy (non-hydrogen) atoms.